The minimum Gasteiger partial charge on any atom is -0.324 e. The minimum atomic E-state index is -0.913. The first-order chi connectivity index (χ1) is 16.3. The van der Waals surface area contributed by atoms with Gasteiger partial charge in [0, 0.05) is 19.4 Å². The summed E-state index contributed by atoms with van der Waals surface area (Å²) in [6.07, 6.45) is 5.29. The van der Waals surface area contributed by atoms with Crippen LogP contribution in [0.5, 0.6) is 0 Å². The topological polar surface area (TPSA) is 28.8 Å². The van der Waals surface area contributed by atoms with Crippen LogP contribution in [0.2, 0.25) is 6.32 Å². The van der Waals surface area contributed by atoms with Crippen molar-refractivity contribution in [3.8, 4) is 0 Å². The molecule has 1 saturated heterocycles. The maximum absolute atomic E-state index is 4.42. The molecular formula is C29H38BN3. The van der Waals surface area contributed by atoms with Crippen molar-refractivity contribution in [3.63, 3.8) is 0 Å². The van der Waals surface area contributed by atoms with Gasteiger partial charge in [-0.3, -0.25) is 4.90 Å². The molecule has 2 aliphatic rings. The second-order valence-electron chi connectivity index (χ2n) is 9.39. The molecule has 3 aromatic carbocycles. The highest BCUT2D eigenvalue weighted by molar-refractivity contribution is 7.11. The molecule has 3 nitrogen and oxygen atoms in total. The van der Waals surface area contributed by atoms with Crippen LogP contribution in [0.1, 0.15) is 32.6 Å². The van der Waals surface area contributed by atoms with E-state index in [9.17, 15) is 0 Å². The van der Waals surface area contributed by atoms with E-state index >= 15 is 0 Å². The van der Waals surface area contributed by atoms with Crippen molar-refractivity contribution in [1.29, 1.82) is 0 Å². The molecule has 172 valence electrons. The number of nitrogens with zero attached hydrogens (tertiary/aromatic N) is 1. The lowest BCUT2D eigenvalue weighted by atomic mass is 9.14. The van der Waals surface area contributed by atoms with Crippen molar-refractivity contribution < 1.29 is 4.90 Å². The van der Waals surface area contributed by atoms with E-state index in [4.69, 9.17) is 0 Å². The summed E-state index contributed by atoms with van der Waals surface area (Å²) in [5.74, 6) is 1.22. The van der Waals surface area contributed by atoms with Crippen molar-refractivity contribution in [2.45, 2.75) is 38.9 Å². The van der Waals surface area contributed by atoms with Gasteiger partial charge < -0.3 is 5.32 Å². The van der Waals surface area contributed by atoms with Crippen LogP contribution in [0.25, 0.3) is 0 Å². The zero-order valence-electron chi connectivity index (χ0n) is 20.0. The quantitative estimate of drug-likeness (QED) is 0.568. The average Bonchev–Trinajstić information content (AvgIpc) is 2.91. The molecule has 2 N–H and O–H groups in total. The van der Waals surface area contributed by atoms with Crippen molar-refractivity contribution in [2.75, 3.05) is 26.2 Å². The Hall–Kier alpha value is -2.85. The SMILES string of the molecule is C1CN=C2NCCC[NH+]2C1.CCCC[B-](c1ccccc1)(c1ccccc1)c1ccccc1. The van der Waals surface area contributed by atoms with Gasteiger partial charge in [-0.15, -0.1) is 0 Å². The standard InChI is InChI=1S/C22H24B.C7H13N3/c1-2-3-19-23(20-13-7-4-8-14-20,21-15-9-5-10-16-21)22-17-11-6-12-18-22;1-3-8-7-9-4-2-6-10(7)5-1/h4-18H,2-3,19H2,1H3;1-6H2,(H,8,9)/q-1;/p+1. The zero-order chi connectivity index (χ0) is 22.8. The minimum absolute atomic E-state index is 0.913. The second kappa shape index (κ2) is 11.9. The zero-order valence-corrected chi connectivity index (χ0v) is 20.0. The number of unbranched alkanes of at least 4 members (excludes halogenated alkanes) is 1. The molecule has 0 saturated carbocycles. The molecule has 1 fully saturated rings. The van der Waals surface area contributed by atoms with E-state index in [2.05, 4.69) is 108 Å². The van der Waals surface area contributed by atoms with Gasteiger partial charge in [0.15, 0.2) is 0 Å². The molecule has 4 heteroatoms. The van der Waals surface area contributed by atoms with Gasteiger partial charge in [-0.2, -0.15) is 22.7 Å². The van der Waals surface area contributed by atoms with Gasteiger partial charge in [-0.25, -0.2) is 4.99 Å². The van der Waals surface area contributed by atoms with E-state index in [0.29, 0.717) is 0 Å². The number of rotatable bonds is 6. The highest BCUT2D eigenvalue weighted by atomic mass is 15.3. The van der Waals surface area contributed by atoms with Crippen molar-refractivity contribution in [2.24, 2.45) is 4.99 Å². The summed E-state index contributed by atoms with van der Waals surface area (Å²) in [6.45, 7) is 7.01. The van der Waals surface area contributed by atoms with Crippen molar-refractivity contribution in [3.05, 3.63) is 91.0 Å². The number of aliphatic imine (C=N–C) groups is 1. The molecule has 0 bridgehead atoms. The fraction of sp³-hybridized carbons (Fsp3) is 0.345. The highest BCUT2D eigenvalue weighted by Gasteiger charge is 2.28. The highest BCUT2D eigenvalue weighted by Crippen LogP contribution is 2.16. The largest absolute Gasteiger partial charge is 0.324 e. The maximum Gasteiger partial charge on any atom is 0.295 e. The fourth-order valence-electron chi connectivity index (χ4n) is 5.58. The number of quaternary nitrogens is 1. The van der Waals surface area contributed by atoms with E-state index in [1.165, 1.54) is 67.4 Å². The number of fused-ring (bicyclic) bond motifs is 1. The van der Waals surface area contributed by atoms with Crippen molar-refractivity contribution in [1.82, 2.24) is 5.32 Å². The van der Waals surface area contributed by atoms with E-state index in [1.807, 2.05) is 0 Å². The van der Waals surface area contributed by atoms with Gasteiger partial charge in [0.25, 0.3) is 5.96 Å². The Morgan fingerprint density at radius 1 is 0.758 bits per heavy atom. The Labute approximate surface area is 199 Å². The smallest absolute Gasteiger partial charge is 0.295 e. The van der Waals surface area contributed by atoms with E-state index in [0.717, 1.165) is 13.1 Å². The van der Waals surface area contributed by atoms with Gasteiger partial charge in [0.05, 0.1) is 25.8 Å². The second-order valence-corrected chi connectivity index (χ2v) is 9.39. The predicted molar refractivity (Wildman–Crippen MR) is 144 cm³/mol. The third kappa shape index (κ3) is 5.56. The van der Waals surface area contributed by atoms with Crippen LogP contribution in [-0.2, 0) is 0 Å². The molecule has 2 heterocycles. The number of benzene rings is 3. The van der Waals surface area contributed by atoms with E-state index < -0.39 is 6.15 Å². The van der Waals surface area contributed by atoms with Crippen LogP contribution < -0.4 is 26.6 Å². The summed E-state index contributed by atoms with van der Waals surface area (Å²) >= 11 is 0. The van der Waals surface area contributed by atoms with Crippen LogP contribution >= 0.6 is 0 Å². The molecule has 0 aromatic heterocycles. The summed E-state index contributed by atoms with van der Waals surface area (Å²) in [5.41, 5.74) is 4.33. The van der Waals surface area contributed by atoms with Gasteiger partial charge in [0.2, 0.25) is 0 Å². The van der Waals surface area contributed by atoms with Crippen LogP contribution in [0.15, 0.2) is 96.0 Å². The van der Waals surface area contributed by atoms with E-state index in [-0.39, 0.29) is 0 Å². The molecule has 2 aliphatic heterocycles. The Morgan fingerprint density at radius 3 is 1.76 bits per heavy atom. The summed E-state index contributed by atoms with van der Waals surface area (Å²) in [7, 11) is 0. The van der Waals surface area contributed by atoms with Gasteiger partial charge in [0.1, 0.15) is 0 Å². The molecule has 3 aromatic rings. The van der Waals surface area contributed by atoms with Crippen LogP contribution in [0, 0.1) is 0 Å². The molecule has 5 rings (SSSR count). The predicted octanol–water partition coefficient (Wildman–Crippen LogP) is 2.58. The summed E-state index contributed by atoms with van der Waals surface area (Å²) in [5, 5.41) is 3.33. The van der Waals surface area contributed by atoms with Crippen LogP contribution in [0.4, 0.5) is 0 Å². The lowest BCUT2D eigenvalue weighted by Gasteiger charge is -2.43. The van der Waals surface area contributed by atoms with Crippen LogP contribution in [0.3, 0.4) is 0 Å². The molecule has 1 atom stereocenters. The molecular weight excluding hydrogens is 401 g/mol. The fourth-order valence-corrected chi connectivity index (χ4v) is 5.58. The lowest BCUT2D eigenvalue weighted by molar-refractivity contribution is -0.814. The summed E-state index contributed by atoms with van der Waals surface area (Å²) in [4.78, 5) is 5.99. The first-order valence-electron chi connectivity index (χ1n) is 12.8. The van der Waals surface area contributed by atoms with Crippen molar-refractivity contribution >= 4 is 28.5 Å². The number of hydrogen-bond donors (Lipinski definition) is 2. The monoisotopic (exact) mass is 439 g/mol. The van der Waals surface area contributed by atoms with Gasteiger partial charge in [-0.05, 0) is 0 Å². The van der Waals surface area contributed by atoms with E-state index in [1.54, 1.807) is 4.90 Å². The summed E-state index contributed by atoms with van der Waals surface area (Å²) < 4.78 is 0. The maximum atomic E-state index is 4.42. The normalized spacial score (nSPS) is 17.6. The number of guanidine groups is 1. The number of hydrogen-bond acceptors (Lipinski definition) is 2. The van der Waals surface area contributed by atoms with Gasteiger partial charge >= 0.3 is 0 Å². The van der Waals surface area contributed by atoms with Crippen LogP contribution in [-0.4, -0.2) is 38.3 Å². The molecule has 0 aliphatic carbocycles. The Morgan fingerprint density at radius 2 is 1.27 bits per heavy atom. The summed E-state index contributed by atoms with van der Waals surface area (Å²) in [6, 6.07) is 33.2. The third-order valence-electron chi connectivity index (χ3n) is 7.29. The molecule has 0 radical (unpaired) electrons. The molecule has 0 spiro atoms. The molecule has 33 heavy (non-hydrogen) atoms. The average molecular weight is 439 g/mol. The molecule has 0 amide bonds. The first kappa shape index (κ1) is 23.3. The van der Waals surface area contributed by atoms with Gasteiger partial charge in [-0.1, -0.05) is 111 Å². The Balaban J connectivity index is 0.000000214. The number of nitrogens with one attached hydrogen (secondary N) is 2. The Bertz CT molecular complexity index is 892. The third-order valence-corrected chi connectivity index (χ3v) is 7.29. The first-order valence-corrected chi connectivity index (χ1v) is 12.8. The molecule has 1 unspecified atom stereocenters. The Kier molecular flexibility index (Phi) is 8.38. The lowest BCUT2D eigenvalue weighted by Crippen LogP contribution is -3.18.